The van der Waals surface area contributed by atoms with Crippen molar-refractivity contribution in [2.45, 2.75) is 39.2 Å². The highest BCUT2D eigenvalue weighted by atomic mass is 16.5. The number of anilines is 1. The van der Waals surface area contributed by atoms with Gasteiger partial charge >= 0.3 is 0 Å². The molecule has 1 amide bonds. The maximum Gasteiger partial charge on any atom is 0.241 e. The van der Waals surface area contributed by atoms with Gasteiger partial charge in [-0.2, -0.15) is 0 Å². The van der Waals surface area contributed by atoms with Crippen LogP contribution >= 0.6 is 0 Å². The Hall–Kier alpha value is -2.66. The van der Waals surface area contributed by atoms with E-state index in [0.29, 0.717) is 11.5 Å². The number of amides is 1. The van der Waals surface area contributed by atoms with Crippen molar-refractivity contribution in [3.05, 3.63) is 60.4 Å². The smallest absolute Gasteiger partial charge is 0.241 e. The molecule has 2 heterocycles. The molecular weight excluding hydrogens is 338 g/mol. The van der Waals surface area contributed by atoms with Crippen LogP contribution in [0.25, 0.3) is 0 Å². The summed E-state index contributed by atoms with van der Waals surface area (Å²) >= 11 is 0. The topological polar surface area (TPSA) is 54.5 Å². The van der Waals surface area contributed by atoms with Gasteiger partial charge in [0.1, 0.15) is 11.5 Å². The van der Waals surface area contributed by atoms with Gasteiger partial charge in [-0.05, 0) is 69.6 Å². The Balaban J connectivity index is 1.61. The van der Waals surface area contributed by atoms with E-state index in [0.717, 1.165) is 38.0 Å². The minimum absolute atomic E-state index is 0.0690. The van der Waals surface area contributed by atoms with Crippen molar-refractivity contribution in [2.75, 3.05) is 18.4 Å². The van der Waals surface area contributed by atoms with E-state index in [9.17, 15) is 4.79 Å². The van der Waals surface area contributed by atoms with E-state index < -0.39 is 0 Å². The molecule has 1 aliphatic heterocycles. The first-order valence-corrected chi connectivity index (χ1v) is 9.50. The summed E-state index contributed by atoms with van der Waals surface area (Å²) in [6, 6.07) is 11.1. The SMILES string of the molecule is CC=C(C)CN1CCCCC1C(=O)Nc1ccc(Oc2cccnc2)cc1. The molecule has 1 aromatic heterocycles. The van der Waals surface area contributed by atoms with Crippen molar-refractivity contribution >= 4 is 11.6 Å². The number of ether oxygens (including phenoxy) is 1. The molecule has 0 bridgehead atoms. The molecule has 5 heteroatoms. The van der Waals surface area contributed by atoms with E-state index in [-0.39, 0.29) is 11.9 Å². The van der Waals surface area contributed by atoms with Gasteiger partial charge in [0.2, 0.25) is 5.91 Å². The second kappa shape index (κ2) is 9.33. The van der Waals surface area contributed by atoms with Crippen molar-refractivity contribution in [1.82, 2.24) is 9.88 Å². The Kier molecular flexibility index (Phi) is 6.60. The molecule has 0 radical (unpaired) electrons. The molecule has 1 unspecified atom stereocenters. The first-order chi connectivity index (χ1) is 13.2. The van der Waals surface area contributed by atoms with E-state index >= 15 is 0 Å². The number of likely N-dealkylation sites (tertiary alicyclic amines) is 1. The quantitative estimate of drug-likeness (QED) is 0.758. The van der Waals surface area contributed by atoms with E-state index in [1.807, 2.05) is 43.3 Å². The van der Waals surface area contributed by atoms with Crippen molar-refractivity contribution < 1.29 is 9.53 Å². The number of aromatic nitrogens is 1. The summed E-state index contributed by atoms with van der Waals surface area (Å²) in [6.45, 7) is 5.99. The Labute approximate surface area is 161 Å². The predicted octanol–water partition coefficient (Wildman–Crippen LogP) is 4.63. The number of nitrogens with zero attached hydrogens (tertiary/aromatic N) is 2. The fourth-order valence-corrected chi connectivity index (χ4v) is 3.26. The van der Waals surface area contributed by atoms with Crippen LogP contribution in [0.1, 0.15) is 33.1 Å². The van der Waals surface area contributed by atoms with Gasteiger partial charge in [0.25, 0.3) is 0 Å². The van der Waals surface area contributed by atoms with Gasteiger partial charge in [0.15, 0.2) is 0 Å². The first kappa shape index (κ1) is 19.1. The molecule has 2 aromatic rings. The van der Waals surface area contributed by atoms with Gasteiger partial charge in [-0.15, -0.1) is 0 Å². The molecule has 0 spiro atoms. The highest BCUT2D eigenvalue weighted by molar-refractivity contribution is 5.95. The van der Waals surface area contributed by atoms with E-state index in [1.165, 1.54) is 5.57 Å². The lowest BCUT2D eigenvalue weighted by molar-refractivity contribution is -0.122. The first-order valence-electron chi connectivity index (χ1n) is 9.50. The van der Waals surface area contributed by atoms with Gasteiger partial charge < -0.3 is 10.1 Å². The Morgan fingerprint density at radius 2 is 2.07 bits per heavy atom. The second-order valence-electron chi connectivity index (χ2n) is 6.92. The summed E-state index contributed by atoms with van der Waals surface area (Å²) in [5.74, 6) is 1.47. The normalized spacial score (nSPS) is 18.1. The number of hydrogen-bond donors (Lipinski definition) is 1. The summed E-state index contributed by atoms with van der Waals surface area (Å²) in [6.07, 6.45) is 8.65. The summed E-state index contributed by atoms with van der Waals surface area (Å²) < 4.78 is 5.74. The average molecular weight is 365 g/mol. The maximum atomic E-state index is 12.8. The zero-order valence-electron chi connectivity index (χ0n) is 16.0. The van der Waals surface area contributed by atoms with Gasteiger partial charge in [0.05, 0.1) is 12.2 Å². The molecule has 142 valence electrons. The molecule has 27 heavy (non-hydrogen) atoms. The zero-order chi connectivity index (χ0) is 19.1. The van der Waals surface area contributed by atoms with Crippen LogP contribution in [-0.4, -0.2) is 34.9 Å². The molecule has 1 aliphatic rings. The second-order valence-corrected chi connectivity index (χ2v) is 6.92. The van der Waals surface area contributed by atoms with Crippen LogP contribution in [-0.2, 0) is 4.79 Å². The molecule has 0 saturated carbocycles. The number of carbonyl (C=O) groups is 1. The van der Waals surface area contributed by atoms with Crippen molar-refractivity contribution in [3.63, 3.8) is 0 Å². The maximum absolute atomic E-state index is 12.8. The van der Waals surface area contributed by atoms with Crippen molar-refractivity contribution in [1.29, 1.82) is 0 Å². The van der Waals surface area contributed by atoms with Crippen LogP contribution in [0.15, 0.2) is 60.4 Å². The Morgan fingerprint density at radius 3 is 2.78 bits per heavy atom. The van der Waals surface area contributed by atoms with Crippen LogP contribution in [0.5, 0.6) is 11.5 Å². The van der Waals surface area contributed by atoms with Crippen LogP contribution in [0, 0.1) is 0 Å². The molecule has 5 nitrogen and oxygen atoms in total. The fourth-order valence-electron chi connectivity index (χ4n) is 3.26. The van der Waals surface area contributed by atoms with Crippen LogP contribution < -0.4 is 10.1 Å². The van der Waals surface area contributed by atoms with E-state index in [4.69, 9.17) is 4.74 Å². The molecular formula is C22H27N3O2. The van der Waals surface area contributed by atoms with Gasteiger partial charge in [-0.25, -0.2) is 0 Å². The number of rotatable bonds is 6. The molecule has 1 aromatic carbocycles. The zero-order valence-corrected chi connectivity index (χ0v) is 16.0. The Morgan fingerprint density at radius 1 is 1.26 bits per heavy atom. The largest absolute Gasteiger partial charge is 0.456 e. The average Bonchev–Trinajstić information content (AvgIpc) is 2.70. The van der Waals surface area contributed by atoms with E-state index in [1.54, 1.807) is 12.4 Å². The lowest BCUT2D eigenvalue weighted by Crippen LogP contribution is -2.47. The summed E-state index contributed by atoms with van der Waals surface area (Å²) in [7, 11) is 0. The van der Waals surface area contributed by atoms with Crippen LogP contribution in [0.4, 0.5) is 5.69 Å². The number of allylic oxidation sites excluding steroid dienone is 1. The van der Waals surface area contributed by atoms with E-state index in [2.05, 4.69) is 28.2 Å². The van der Waals surface area contributed by atoms with Gasteiger partial charge in [-0.1, -0.05) is 18.1 Å². The fraction of sp³-hybridized carbons (Fsp3) is 0.364. The number of pyridine rings is 1. The minimum atomic E-state index is -0.0695. The third kappa shape index (κ3) is 5.41. The third-order valence-electron chi connectivity index (χ3n) is 4.85. The van der Waals surface area contributed by atoms with Gasteiger partial charge in [0, 0.05) is 18.4 Å². The Bertz CT molecular complexity index is 772. The molecule has 1 atom stereocenters. The highest BCUT2D eigenvalue weighted by Gasteiger charge is 2.28. The standard InChI is InChI=1S/C22H27N3O2/c1-3-17(2)16-25-14-5-4-8-21(25)22(26)24-18-9-11-19(12-10-18)27-20-7-6-13-23-15-20/h3,6-7,9-13,15,21H,4-5,8,14,16H2,1-2H3,(H,24,26). The number of nitrogens with one attached hydrogen (secondary N) is 1. The molecule has 3 rings (SSSR count). The van der Waals surface area contributed by atoms with Crippen molar-refractivity contribution in [3.8, 4) is 11.5 Å². The molecule has 0 aliphatic carbocycles. The van der Waals surface area contributed by atoms with Gasteiger partial charge in [-0.3, -0.25) is 14.7 Å². The van der Waals surface area contributed by atoms with Crippen LogP contribution in [0.2, 0.25) is 0 Å². The summed E-state index contributed by atoms with van der Waals surface area (Å²) in [5, 5.41) is 3.06. The third-order valence-corrected chi connectivity index (χ3v) is 4.85. The lowest BCUT2D eigenvalue weighted by Gasteiger charge is -2.34. The molecule has 1 fully saturated rings. The summed E-state index contributed by atoms with van der Waals surface area (Å²) in [4.78, 5) is 19.1. The van der Waals surface area contributed by atoms with Crippen molar-refractivity contribution in [2.24, 2.45) is 0 Å². The van der Waals surface area contributed by atoms with Crippen LogP contribution in [0.3, 0.4) is 0 Å². The number of hydrogen-bond acceptors (Lipinski definition) is 4. The molecule has 1 saturated heterocycles. The number of benzene rings is 1. The highest BCUT2D eigenvalue weighted by Crippen LogP contribution is 2.24. The number of piperidine rings is 1. The lowest BCUT2D eigenvalue weighted by atomic mass is 10.0. The predicted molar refractivity (Wildman–Crippen MR) is 108 cm³/mol. The number of carbonyl (C=O) groups excluding carboxylic acids is 1. The molecule has 1 N–H and O–H groups in total. The summed E-state index contributed by atoms with van der Waals surface area (Å²) in [5.41, 5.74) is 2.08. The monoisotopic (exact) mass is 365 g/mol. The minimum Gasteiger partial charge on any atom is -0.456 e.